The normalized spacial score (nSPS) is 25.4. The van der Waals surface area contributed by atoms with Gasteiger partial charge in [-0.15, -0.1) is 0 Å². The first kappa shape index (κ1) is 9.21. The Bertz CT molecular complexity index is 345. The molecular weight excluding hydrogens is 178 g/mol. The molecular formula is C11H13NO2. The number of hydrogen-bond acceptors (Lipinski definition) is 2. The van der Waals surface area contributed by atoms with Crippen LogP contribution in [0.15, 0.2) is 24.3 Å². The summed E-state index contributed by atoms with van der Waals surface area (Å²) in [5, 5.41) is 2.82. The molecule has 1 saturated heterocycles. The minimum atomic E-state index is -0.322. The van der Waals surface area contributed by atoms with Gasteiger partial charge in [-0.1, -0.05) is 29.8 Å². The lowest BCUT2D eigenvalue weighted by Gasteiger charge is -2.35. The van der Waals surface area contributed by atoms with Crippen molar-refractivity contribution in [1.82, 2.24) is 5.32 Å². The van der Waals surface area contributed by atoms with Gasteiger partial charge in [-0.3, -0.25) is 4.79 Å². The number of hydrogen-bond donors (Lipinski definition) is 1. The van der Waals surface area contributed by atoms with Crippen molar-refractivity contribution >= 4 is 5.91 Å². The Morgan fingerprint density at radius 2 is 1.93 bits per heavy atom. The number of β-lactam (4-membered cyclic amide) rings is 1. The lowest BCUT2D eigenvalue weighted by atomic mass is 9.93. The lowest BCUT2D eigenvalue weighted by molar-refractivity contribution is -0.145. The quantitative estimate of drug-likeness (QED) is 0.713. The van der Waals surface area contributed by atoms with Gasteiger partial charge in [0.15, 0.2) is 6.10 Å². The fourth-order valence-corrected chi connectivity index (χ4v) is 1.64. The maximum absolute atomic E-state index is 11.1. The van der Waals surface area contributed by atoms with Crippen LogP contribution in [0.4, 0.5) is 0 Å². The van der Waals surface area contributed by atoms with E-state index in [9.17, 15) is 4.79 Å². The highest BCUT2D eigenvalue weighted by molar-refractivity contribution is 5.88. The van der Waals surface area contributed by atoms with Gasteiger partial charge in [-0.2, -0.15) is 0 Å². The van der Waals surface area contributed by atoms with E-state index >= 15 is 0 Å². The smallest absolute Gasteiger partial charge is 0.252 e. The fraction of sp³-hybridized carbons (Fsp3) is 0.364. The average Bonchev–Trinajstić information content (AvgIpc) is 2.16. The number of rotatable bonds is 2. The van der Waals surface area contributed by atoms with E-state index in [0.717, 1.165) is 5.56 Å². The predicted molar refractivity (Wildman–Crippen MR) is 52.9 cm³/mol. The molecule has 1 aliphatic rings. The highest BCUT2D eigenvalue weighted by Gasteiger charge is 2.40. The van der Waals surface area contributed by atoms with E-state index in [-0.39, 0.29) is 18.1 Å². The molecule has 14 heavy (non-hydrogen) atoms. The largest absolute Gasteiger partial charge is 0.369 e. The second-order valence-corrected chi connectivity index (χ2v) is 3.55. The summed E-state index contributed by atoms with van der Waals surface area (Å²) < 4.78 is 5.08. The zero-order valence-corrected chi connectivity index (χ0v) is 8.28. The minimum Gasteiger partial charge on any atom is -0.369 e. The van der Waals surface area contributed by atoms with Gasteiger partial charge in [0.05, 0.1) is 6.04 Å². The van der Waals surface area contributed by atoms with Crippen LogP contribution in [0.5, 0.6) is 0 Å². The van der Waals surface area contributed by atoms with E-state index in [1.54, 1.807) is 7.11 Å². The number of ether oxygens (including phenoxy) is 1. The number of aryl methyl sites for hydroxylation is 1. The van der Waals surface area contributed by atoms with E-state index in [1.807, 2.05) is 31.2 Å². The molecule has 1 aliphatic heterocycles. The zero-order valence-electron chi connectivity index (χ0n) is 8.28. The first-order valence-corrected chi connectivity index (χ1v) is 4.62. The molecule has 0 aliphatic carbocycles. The molecule has 0 spiro atoms. The Labute approximate surface area is 83.1 Å². The lowest BCUT2D eigenvalue weighted by Crippen LogP contribution is -2.56. The third kappa shape index (κ3) is 1.40. The first-order chi connectivity index (χ1) is 6.72. The van der Waals surface area contributed by atoms with Gasteiger partial charge in [0.2, 0.25) is 0 Å². The van der Waals surface area contributed by atoms with Crippen LogP contribution in [0, 0.1) is 6.92 Å². The van der Waals surface area contributed by atoms with Gasteiger partial charge in [0.25, 0.3) is 5.91 Å². The van der Waals surface area contributed by atoms with Gasteiger partial charge in [0.1, 0.15) is 0 Å². The molecule has 2 atom stereocenters. The molecule has 1 aromatic rings. The molecule has 1 heterocycles. The molecule has 3 nitrogen and oxygen atoms in total. The average molecular weight is 191 g/mol. The highest BCUT2D eigenvalue weighted by atomic mass is 16.5. The minimum absolute atomic E-state index is 0.0214. The number of amides is 1. The molecule has 0 aromatic heterocycles. The van der Waals surface area contributed by atoms with Crippen molar-refractivity contribution in [2.45, 2.75) is 19.1 Å². The fourth-order valence-electron chi connectivity index (χ4n) is 1.64. The summed E-state index contributed by atoms with van der Waals surface area (Å²) in [6.07, 6.45) is -0.322. The van der Waals surface area contributed by atoms with Crippen LogP contribution in [-0.2, 0) is 9.53 Å². The summed E-state index contributed by atoms with van der Waals surface area (Å²) in [5.74, 6) is -0.0296. The highest BCUT2D eigenvalue weighted by Crippen LogP contribution is 2.26. The summed E-state index contributed by atoms with van der Waals surface area (Å²) >= 11 is 0. The van der Waals surface area contributed by atoms with Gasteiger partial charge in [-0.25, -0.2) is 0 Å². The molecule has 1 aromatic carbocycles. The Balaban J connectivity index is 2.17. The van der Waals surface area contributed by atoms with Crippen LogP contribution in [0.3, 0.4) is 0 Å². The van der Waals surface area contributed by atoms with Crippen molar-refractivity contribution < 1.29 is 9.53 Å². The van der Waals surface area contributed by atoms with Crippen molar-refractivity contribution in [2.75, 3.05) is 7.11 Å². The van der Waals surface area contributed by atoms with Crippen LogP contribution in [0.25, 0.3) is 0 Å². The third-order valence-electron chi connectivity index (χ3n) is 2.55. The molecule has 0 unspecified atom stereocenters. The Hall–Kier alpha value is -1.35. The van der Waals surface area contributed by atoms with Gasteiger partial charge in [-0.05, 0) is 12.5 Å². The standard InChI is InChI=1S/C11H13NO2/c1-7-3-5-8(6-4-7)9-10(14-2)11(13)12-9/h3-6,9-10H,1-2H3,(H,12,13)/t9-,10+/m0/s1. The van der Waals surface area contributed by atoms with Crippen LogP contribution < -0.4 is 5.32 Å². The Morgan fingerprint density at radius 3 is 2.43 bits per heavy atom. The summed E-state index contributed by atoms with van der Waals surface area (Å²) in [7, 11) is 1.56. The van der Waals surface area contributed by atoms with E-state index in [4.69, 9.17) is 4.74 Å². The Morgan fingerprint density at radius 1 is 1.29 bits per heavy atom. The van der Waals surface area contributed by atoms with Crippen LogP contribution >= 0.6 is 0 Å². The van der Waals surface area contributed by atoms with Gasteiger partial charge in [0, 0.05) is 7.11 Å². The van der Waals surface area contributed by atoms with Crippen molar-refractivity contribution in [3.05, 3.63) is 35.4 Å². The molecule has 0 radical (unpaired) electrons. The van der Waals surface area contributed by atoms with Gasteiger partial charge >= 0.3 is 0 Å². The summed E-state index contributed by atoms with van der Waals surface area (Å²) in [6.45, 7) is 2.04. The van der Waals surface area contributed by atoms with Crippen molar-refractivity contribution in [3.8, 4) is 0 Å². The van der Waals surface area contributed by atoms with Crippen LogP contribution in [0.2, 0.25) is 0 Å². The molecule has 2 rings (SSSR count). The maximum atomic E-state index is 11.1. The Kier molecular flexibility index (Phi) is 2.25. The van der Waals surface area contributed by atoms with Crippen molar-refractivity contribution in [1.29, 1.82) is 0 Å². The second kappa shape index (κ2) is 3.42. The number of carbonyl (C=O) groups excluding carboxylic acids is 1. The van der Waals surface area contributed by atoms with Crippen molar-refractivity contribution in [2.24, 2.45) is 0 Å². The third-order valence-corrected chi connectivity index (χ3v) is 2.55. The second-order valence-electron chi connectivity index (χ2n) is 3.55. The van der Waals surface area contributed by atoms with E-state index in [0.29, 0.717) is 0 Å². The predicted octanol–water partition coefficient (Wildman–Crippen LogP) is 1.18. The molecule has 1 amide bonds. The van der Waals surface area contributed by atoms with Crippen molar-refractivity contribution in [3.63, 3.8) is 0 Å². The number of methoxy groups -OCH3 is 1. The summed E-state index contributed by atoms with van der Waals surface area (Å²) in [5.41, 5.74) is 2.32. The van der Waals surface area contributed by atoms with Crippen LogP contribution in [0.1, 0.15) is 17.2 Å². The number of nitrogens with one attached hydrogen (secondary N) is 1. The molecule has 1 fully saturated rings. The first-order valence-electron chi connectivity index (χ1n) is 4.62. The maximum Gasteiger partial charge on any atom is 0.252 e. The van der Waals surface area contributed by atoms with Gasteiger partial charge < -0.3 is 10.1 Å². The number of carbonyl (C=O) groups is 1. The van der Waals surface area contributed by atoms with Crippen LogP contribution in [-0.4, -0.2) is 19.1 Å². The van der Waals surface area contributed by atoms with E-state index in [2.05, 4.69) is 5.32 Å². The zero-order chi connectivity index (χ0) is 10.1. The topological polar surface area (TPSA) is 38.3 Å². The SMILES string of the molecule is CO[C@H]1C(=O)N[C@H]1c1ccc(C)cc1. The monoisotopic (exact) mass is 191 g/mol. The number of benzene rings is 1. The van der Waals surface area contributed by atoms with E-state index in [1.165, 1.54) is 5.56 Å². The molecule has 74 valence electrons. The summed E-state index contributed by atoms with van der Waals surface area (Å²) in [6, 6.07) is 8.13. The molecule has 0 bridgehead atoms. The van der Waals surface area contributed by atoms with E-state index < -0.39 is 0 Å². The molecule has 0 saturated carbocycles. The molecule has 3 heteroatoms. The molecule has 1 N–H and O–H groups in total. The summed E-state index contributed by atoms with van der Waals surface area (Å²) in [4.78, 5) is 11.1.